The summed E-state index contributed by atoms with van der Waals surface area (Å²) in [6.45, 7) is 2.75. The van der Waals surface area contributed by atoms with E-state index >= 15 is 0 Å². The molecule has 0 spiro atoms. The Kier molecular flexibility index (Phi) is 6.76. The second-order valence-electron chi connectivity index (χ2n) is 3.68. The summed E-state index contributed by atoms with van der Waals surface area (Å²) in [4.78, 5) is 0. The van der Waals surface area contributed by atoms with Crippen molar-refractivity contribution in [3.63, 3.8) is 0 Å². The fraction of sp³-hybridized carbons (Fsp3) is 0.333. The average Bonchev–Trinajstić information content (AvgIpc) is 2.16. The minimum absolute atomic E-state index is 0. The number of hydrogen-bond acceptors (Lipinski definition) is 2. The first-order chi connectivity index (χ1) is 7.50. The molecule has 2 nitrogen and oxygen atoms in total. The number of rotatable bonds is 5. The molecular formula is C12H16ClF2NO. The highest BCUT2D eigenvalue weighted by Gasteiger charge is 2.14. The van der Waals surface area contributed by atoms with Crippen LogP contribution in [0.25, 0.3) is 0 Å². The van der Waals surface area contributed by atoms with Gasteiger partial charge in [-0.2, -0.15) is 8.78 Å². The van der Waals surface area contributed by atoms with Crippen molar-refractivity contribution in [2.45, 2.75) is 26.0 Å². The van der Waals surface area contributed by atoms with Gasteiger partial charge in [-0.1, -0.05) is 23.8 Å². The standard InChI is InChI=1S/C12H15F2NO.ClH/c1-8(2)7-10(15)9-5-3-4-6-11(9)16-12(13)14;/h3-6,10,12H,1,7,15H2,2H3;1H/t10-;/m1./s1. The van der Waals surface area contributed by atoms with E-state index < -0.39 is 6.61 Å². The number of halogens is 3. The van der Waals surface area contributed by atoms with Gasteiger partial charge in [0.25, 0.3) is 0 Å². The first-order valence-electron chi connectivity index (χ1n) is 4.94. The topological polar surface area (TPSA) is 35.2 Å². The summed E-state index contributed by atoms with van der Waals surface area (Å²) in [5.41, 5.74) is 7.36. The fourth-order valence-electron chi connectivity index (χ4n) is 1.48. The number of ether oxygens (including phenoxy) is 1. The summed E-state index contributed by atoms with van der Waals surface area (Å²) in [5.74, 6) is 0.131. The maximum absolute atomic E-state index is 12.1. The maximum atomic E-state index is 12.1. The molecule has 17 heavy (non-hydrogen) atoms. The molecule has 2 N–H and O–H groups in total. The summed E-state index contributed by atoms with van der Waals surface area (Å²) in [7, 11) is 0. The Morgan fingerprint density at radius 3 is 2.53 bits per heavy atom. The summed E-state index contributed by atoms with van der Waals surface area (Å²) < 4.78 is 28.7. The molecule has 0 bridgehead atoms. The molecule has 0 amide bonds. The molecular weight excluding hydrogens is 248 g/mol. The lowest BCUT2D eigenvalue weighted by atomic mass is 10.0. The Bertz CT molecular complexity index is 371. The third-order valence-corrected chi connectivity index (χ3v) is 2.10. The fourth-order valence-corrected chi connectivity index (χ4v) is 1.48. The molecule has 1 rings (SSSR count). The quantitative estimate of drug-likeness (QED) is 0.823. The summed E-state index contributed by atoms with van der Waals surface area (Å²) in [5, 5.41) is 0. The monoisotopic (exact) mass is 263 g/mol. The van der Waals surface area contributed by atoms with Crippen LogP contribution in [0.1, 0.15) is 24.9 Å². The van der Waals surface area contributed by atoms with Crippen LogP contribution in [-0.2, 0) is 0 Å². The maximum Gasteiger partial charge on any atom is 0.387 e. The van der Waals surface area contributed by atoms with Crippen molar-refractivity contribution < 1.29 is 13.5 Å². The van der Waals surface area contributed by atoms with E-state index in [0.717, 1.165) is 5.57 Å². The normalized spacial score (nSPS) is 11.8. The molecule has 1 atom stereocenters. The molecule has 0 aromatic heterocycles. The van der Waals surface area contributed by atoms with Gasteiger partial charge in [-0.05, 0) is 19.4 Å². The predicted octanol–water partition coefficient (Wildman–Crippen LogP) is 3.68. The zero-order valence-electron chi connectivity index (χ0n) is 9.53. The second kappa shape index (κ2) is 7.25. The van der Waals surface area contributed by atoms with E-state index in [2.05, 4.69) is 11.3 Å². The van der Waals surface area contributed by atoms with E-state index in [1.165, 1.54) is 6.07 Å². The molecule has 1 aromatic carbocycles. The minimum Gasteiger partial charge on any atom is -0.434 e. The van der Waals surface area contributed by atoms with Crippen molar-refractivity contribution in [3.05, 3.63) is 42.0 Å². The van der Waals surface area contributed by atoms with Crippen LogP contribution in [0.2, 0.25) is 0 Å². The number of benzene rings is 1. The van der Waals surface area contributed by atoms with E-state index in [1.54, 1.807) is 18.2 Å². The smallest absolute Gasteiger partial charge is 0.387 e. The van der Waals surface area contributed by atoms with E-state index in [-0.39, 0.29) is 24.2 Å². The van der Waals surface area contributed by atoms with Crippen LogP contribution in [0.15, 0.2) is 36.4 Å². The second-order valence-corrected chi connectivity index (χ2v) is 3.68. The van der Waals surface area contributed by atoms with Crippen molar-refractivity contribution >= 4 is 12.4 Å². The van der Waals surface area contributed by atoms with Gasteiger partial charge < -0.3 is 10.5 Å². The van der Waals surface area contributed by atoms with Gasteiger partial charge in [-0.25, -0.2) is 0 Å². The number of nitrogens with two attached hydrogens (primary N) is 1. The molecule has 0 aliphatic rings. The third-order valence-electron chi connectivity index (χ3n) is 2.10. The number of para-hydroxylation sites is 1. The molecule has 0 aliphatic heterocycles. The highest BCUT2D eigenvalue weighted by molar-refractivity contribution is 5.85. The Hall–Kier alpha value is -1.13. The lowest BCUT2D eigenvalue weighted by Crippen LogP contribution is -2.13. The third kappa shape index (κ3) is 5.15. The molecule has 0 unspecified atom stereocenters. The van der Waals surface area contributed by atoms with Crippen LogP contribution < -0.4 is 10.5 Å². The molecule has 0 saturated heterocycles. The molecule has 1 aromatic rings. The SMILES string of the molecule is C=C(C)C[C@@H](N)c1ccccc1OC(F)F.Cl. The first-order valence-corrected chi connectivity index (χ1v) is 4.94. The van der Waals surface area contributed by atoms with Crippen LogP contribution in [0.4, 0.5) is 8.78 Å². The zero-order chi connectivity index (χ0) is 12.1. The van der Waals surface area contributed by atoms with Gasteiger partial charge in [0.15, 0.2) is 0 Å². The predicted molar refractivity (Wildman–Crippen MR) is 66.7 cm³/mol. The lowest BCUT2D eigenvalue weighted by Gasteiger charge is -2.16. The molecule has 0 radical (unpaired) electrons. The molecule has 0 fully saturated rings. The highest BCUT2D eigenvalue weighted by Crippen LogP contribution is 2.28. The van der Waals surface area contributed by atoms with E-state index in [4.69, 9.17) is 5.73 Å². The van der Waals surface area contributed by atoms with Crippen LogP contribution in [0, 0.1) is 0 Å². The van der Waals surface area contributed by atoms with Crippen molar-refractivity contribution in [2.24, 2.45) is 5.73 Å². The Balaban J connectivity index is 0.00000256. The molecule has 0 aliphatic carbocycles. The highest BCUT2D eigenvalue weighted by atomic mass is 35.5. The summed E-state index contributed by atoms with van der Waals surface area (Å²) >= 11 is 0. The molecule has 96 valence electrons. The number of alkyl halides is 2. The van der Waals surface area contributed by atoms with Crippen LogP contribution in [0.5, 0.6) is 5.75 Å². The average molecular weight is 264 g/mol. The first kappa shape index (κ1) is 15.9. The van der Waals surface area contributed by atoms with E-state index in [9.17, 15) is 8.78 Å². The largest absolute Gasteiger partial charge is 0.434 e. The van der Waals surface area contributed by atoms with Gasteiger partial charge in [0.05, 0.1) is 0 Å². The van der Waals surface area contributed by atoms with Gasteiger partial charge >= 0.3 is 6.61 Å². The number of hydrogen-bond donors (Lipinski definition) is 1. The Labute approximate surface area is 106 Å². The van der Waals surface area contributed by atoms with Crippen molar-refractivity contribution in [2.75, 3.05) is 0 Å². The minimum atomic E-state index is -2.84. The van der Waals surface area contributed by atoms with Gasteiger partial charge in [-0.3, -0.25) is 0 Å². The van der Waals surface area contributed by atoms with Crippen LogP contribution >= 0.6 is 12.4 Å². The van der Waals surface area contributed by atoms with Crippen molar-refractivity contribution in [1.29, 1.82) is 0 Å². The zero-order valence-corrected chi connectivity index (χ0v) is 10.3. The molecule has 0 saturated carbocycles. The molecule has 0 heterocycles. The summed E-state index contributed by atoms with van der Waals surface area (Å²) in [6.07, 6.45) is 0.545. The van der Waals surface area contributed by atoms with Crippen molar-refractivity contribution in [3.8, 4) is 5.75 Å². The Morgan fingerprint density at radius 2 is 2.00 bits per heavy atom. The molecule has 5 heteroatoms. The summed E-state index contributed by atoms with van der Waals surface area (Å²) in [6, 6.07) is 6.18. The van der Waals surface area contributed by atoms with Crippen molar-refractivity contribution in [1.82, 2.24) is 0 Å². The Morgan fingerprint density at radius 1 is 1.41 bits per heavy atom. The van der Waals surface area contributed by atoms with Gasteiger partial charge in [0.1, 0.15) is 5.75 Å². The van der Waals surface area contributed by atoms with E-state index in [1.807, 2.05) is 6.92 Å². The van der Waals surface area contributed by atoms with Gasteiger partial charge in [-0.15, -0.1) is 19.0 Å². The lowest BCUT2D eigenvalue weighted by molar-refractivity contribution is -0.0506. The van der Waals surface area contributed by atoms with E-state index in [0.29, 0.717) is 12.0 Å². The van der Waals surface area contributed by atoms with Gasteiger partial charge in [0.2, 0.25) is 0 Å². The van der Waals surface area contributed by atoms with Gasteiger partial charge in [0, 0.05) is 11.6 Å². The van der Waals surface area contributed by atoms with Crippen LogP contribution in [0.3, 0.4) is 0 Å². The van der Waals surface area contributed by atoms with Crippen LogP contribution in [-0.4, -0.2) is 6.61 Å².